The SMILES string of the molecule is C=CCc1cc2c(-c3ccccc3)c(CN3CCOCC3)c(=O)oc2c(Cl)c1OC(CC)Oc1c(CC=C)cc2c(-c3ccccc3)c(CN3CCOCC3)c(=O)oc2c1Cl. The molecule has 0 spiro atoms. The minimum atomic E-state index is -0.932. The summed E-state index contributed by atoms with van der Waals surface area (Å²) < 4.78 is 36.7. The van der Waals surface area contributed by atoms with Crippen LogP contribution in [0.15, 0.2) is 117 Å². The van der Waals surface area contributed by atoms with Gasteiger partial charge in [-0.2, -0.15) is 0 Å². The Morgan fingerprint density at radius 3 is 1.41 bits per heavy atom. The summed E-state index contributed by atoms with van der Waals surface area (Å²) >= 11 is 14.5. The van der Waals surface area contributed by atoms with Gasteiger partial charge in [0.2, 0.25) is 6.29 Å². The molecule has 0 atom stereocenters. The Balaban J connectivity index is 1.22. The Kier molecular flexibility index (Phi) is 13.4. The van der Waals surface area contributed by atoms with Crippen molar-refractivity contribution in [3.63, 3.8) is 0 Å². The van der Waals surface area contributed by atoms with Gasteiger partial charge in [-0.1, -0.05) is 103 Å². The van der Waals surface area contributed by atoms with Crippen molar-refractivity contribution in [3.05, 3.63) is 151 Å². The lowest BCUT2D eigenvalue weighted by atomic mass is 9.94. The van der Waals surface area contributed by atoms with Crippen LogP contribution in [0.4, 0.5) is 0 Å². The number of ether oxygens (including phenoxy) is 4. The molecule has 0 aliphatic carbocycles. The van der Waals surface area contributed by atoms with Crippen molar-refractivity contribution in [2.24, 2.45) is 0 Å². The zero-order valence-corrected chi connectivity index (χ0v) is 35.7. The average molecular weight is 864 g/mol. The van der Waals surface area contributed by atoms with Crippen LogP contribution in [0.1, 0.15) is 35.6 Å². The molecule has 10 nitrogen and oxygen atoms in total. The average Bonchev–Trinajstić information content (AvgIpc) is 3.28. The maximum atomic E-state index is 14.0. The molecule has 2 fully saturated rings. The monoisotopic (exact) mass is 862 g/mol. The number of hydrogen-bond acceptors (Lipinski definition) is 10. The molecule has 4 aromatic carbocycles. The normalized spacial score (nSPS) is 15.1. The van der Waals surface area contributed by atoms with Gasteiger partial charge in [-0.3, -0.25) is 9.80 Å². The van der Waals surface area contributed by atoms with Crippen molar-refractivity contribution in [3.8, 4) is 33.8 Å². The molecule has 12 heteroatoms. The molecule has 8 rings (SSSR count). The van der Waals surface area contributed by atoms with E-state index in [1.807, 2.05) is 79.7 Å². The van der Waals surface area contributed by atoms with Crippen molar-refractivity contribution >= 4 is 45.1 Å². The summed E-state index contributed by atoms with van der Waals surface area (Å²) in [6.45, 7) is 15.9. The van der Waals surface area contributed by atoms with Crippen molar-refractivity contribution in [1.82, 2.24) is 9.80 Å². The van der Waals surface area contributed by atoms with E-state index in [9.17, 15) is 9.59 Å². The highest BCUT2D eigenvalue weighted by Gasteiger charge is 2.29. The fourth-order valence-electron chi connectivity index (χ4n) is 8.19. The second-order valence-electron chi connectivity index (χ2n) is 15.2. The molecule has 6 aromatic rings. The van der Waals surface area contributed by atoms with Crippen molar-refractivity contribution < 1.29 is 27.8 Å². The molecule has 0 radical (unpaired) electrons. The predicted octanol–water partition coefficient (Wildman–Crippen LogP) is 9.86. The Morgan fingerprint density at radius 1 is 0.656 bits per heavy atom. The minimum absolute atomic E-state index is 0.130. The number of rotatable bonds is 15. The van der Waals surface area contributed by atoms with Gasteiger partial charge in [0, 0.05) is 78.7 Å². The Morgan fingerprint density at radius 2 is 1.05 bits per heavy atom. The van der Waals surface area contributed by atoms with Crippen LogP contribution < -0.4 is 20.7 Å². The van der Waals surface area contributed by atoms with Crippen LogP contribution >= 0.6 is 23.2 Å². The van der Waals surface area contributed by atoms with Crippen LogP contribution in [-0.4, -0.2) is 68.7 Å². The van der Waals surface area contributed by atoms with Crippen LogP contribution in [0, 0.1) is 0 Å². The van der Waals surface area contributed by atoms with Crippen LogP contribution in [0.5, 0.6) is 11.5 Å². The highest BCUT2D eigenvalue weighted by atomic mass is 35.5. The zero-order valence-electron chi connectivity index (χ0n) is 34.2. The Labute approximate surface area is 364 Å². The molecular formula is C49H48Cl2N2O8. The summed E-state index contributed by atoms with van der Waals surface area (Å²) in [5.74, 6) is 0.577. The molecule has 316 valence electrons. The van der Waals surface area contributed by atoms with Gasteiger partial charge in [-0.15, -0.1) is 13.2 Å². The van der Waals surface area contributed by atoms with E-state index in [1.165, 1.54) is 0 Å². The van der Waals surface area contributed by atoms with E-state index in [0.29, 0.717) is 107 Å². The molecule has 0 amide bonds. The second-order valence-corrected chi connectivity index (χ2v) is 15.9. The maximum absolute atomic E-state index is 14.0. The highest BCUT2D eigenvalue weighted by molar-refractivity contribution is 6.37. The molecule has 2 saturated heterocycles. The number of fused-ring (bicyclic) bond motifs is 2. The van der Waals surface area contributed by atoms with Crippen molar-refractivity contribution in [2.75, 3.05) is 52.6 Å². The molecule has 0 bridgehead atoms. The van der Waals surface area contributed by atoms with E-state index in [0.717, 1.165) is 33.4 Å². The van der Waals surface area contributed by atoms with E-state index < -0.39 is 17.5 Å². The maximum Gasteiger partial charge on any atom is 0.341 e. The first-order valence-corrected chi connectivity index (χ1v) is 21.4. The van der Waals surface area contributed by atoms with Gasteiger partial charge in [0.15, 0.2) is 11.2 Å². The molecule has 2 aromatic heterocycles. The largest absolute Gasteiger partial charge is 0.453 e. The number of hydrogen-bond donors (Lipinski definition) is 0. The third kappa shape index (κ3) is 8.93. The summed E-state index contributed by atoms with van der Waals surface area (Å²) in [5, 5.41) is 1.62. The van der Waals surface area contributed by atoms with Crippen LogP contribution in [-0.2, 0) is 35.4 Å². The summed E-state index contributed by atoms with van der Waals surface area (Å²) in [6.07, 6.45) is 3.75. The molecular weight excluding hydrogens is 815 g/mol. The number of allylic oxidation sites excluding steroid dienone is 2. The van der Waals surface area contributed by atoms with Gasteiger partial charge in [0.25, 0.3) is 0 Å². The van der Waals surface area contributed by atoms with Crippen LogP contribution in [0.2, 0.25) is 10.0 Å². The first-order valence-electron chi connectivity index (χ1n) is 20.7. The molecule has 2 aliphatic heterocycles. The lowest BCUT2D eigenvalue weighted by molar-refractivity contribution is 0.00232. The summed E-state index contributed by atoms with van der Waals surface area (Å²) in [7, 11) is 0. The Hall–Kier alpha value is -5.20. The second kappa shape index (κ2) is 19.2. The van der Waals surface area contributed by atoms with Gasteiger partial charge < -0.3 is 27.8 Å². The fraction of sp³-hybridized carbons (Fsp3) is 0.306. The quantitative estimate of drug-likeness (QED) is 0.0563. The summed E-state index contributed by atoms with van der Waals surface area (Å²) in [5.41, 5.74) is 5.21. The standard InChI is InChI=1S/C49H48Cl2N2O8/c1-4-13-33-27-35-40(31-15-9-7-10-16-31)37(29-52-19-23-56-24-20-52)48(54)60-46(35)42(50)44(33)58-39(6-3)59-45-34(14-5-2)28-36-41(32-17-11-8-12-18-32)38(30-53-21-25-57-26-22-53)49(55)61-47(36)43(45)51/h4-5,7-12,15-18,27-28,39H,1-2,6,13-14,19-26,29-30H2,3H3. The smallest absolute Gasteiger partial charge is 0.341 e. The van der Waals surface area contributed by atoms with Gasteiger partial charge in [0.1, 0.15) is 21.5 Å². The lowest BCUT2D eigenvalue weighted by Gasteiger charge is -2.28. The third-order valence-corrected chi connectivity index (χ3v) is 11.9. The van der Waals surface area contributed by atoms with Crippen LogP contribution in [0.3, 0.4) is 0 Å². The van der Waals surface area contributed by atoms with Crippen molar-refractivity contribution in [1.29, 1.82) is 0 Å². The number of nitrogens with zero attached hydrogens (tertiary/aromatic N) is 2. The first-order chi connectivity index (χ1) is 29.8. The van der Waals surface area contributed by atoms with Gasteiger partial charge in [-0.05, 0) is 36.1 Å². The van der Waals surface area contributed by atoms with E-state index in [2.05, 4.69) is 23.0 Å². The fourth-order valence-corrected chi connectivity index (χ4v) is 8.80. The first kappa shape index (κ1) is 42.5. The number of morpholine rings is 2. The number of benzene rings is 4. The predicted molar refractivity (Wildman–Crippen MR) is 241 cm³/mol. The summed E-state index contributed by atoms with van der Waals surface area (Å²) in [4.78, 5) is 32.3. The third-order valence-electron chi connectivity index (χ3n) is 11.2. The molecule has 4 heterocycles. The van der Waals surface area contributed by atoms with Gasteiger partial charge in [-0.25, -0.2) is 9.59 Å². The molecule has 0 unspecified atom stereocenters. The van der Waals surface area contributed by atoms with Gasteiger partial charge in [0.05, 0.1) is 37.6 Å². The minimum Gasteiger partial charge on any atom is -0.453 e. The molecule has 2 aliphatic rings. The molecule has 0 N–H and O–H groups in total. The van der Waals surface area contributed by atoms with E-state index >= 15 is 0 Å². The molecule has 61 heavy (non-hydrogen) atoms. The zero-order chi connectivity index (χ0) is 42.5. The van der Waals surface area contributed by atoms with Crippen LogP contribution in [0.25, 0.3) is 44.2 Å². The van der Waals surface area contributed by atoms with Crippen molar-refractivity contribution in [2.45, 2.75) is 45.6 Å². The summed E-state index contributed by atoms with van der Waals surface area (Å²) in [6, 6.07) is 23.5. The topological polar surface area (TPSA) is 104 Å². The Bertz CT molecular complexity index is 2490. The highest BCUT2D eigenvalue weighted by Crippen LogP contribution is 2.45. The van der Waals surface area contributed by atoms with Gasteiger partial charge >= 0.3 is 11.3 Å². The van der Waals surface area contributed by atoms with E-state index in [4.69, 9.17) is 51.0 Å². The van der Waals surface area contributed by atoms with E-state index in [1.54, 1.807) is 12.2 Å². The lowest BCUT2D eigenvalue weighted by Crippen LogP contribution is -2.37. The molecule has 0 saturated carbocycles. The number of halogens is 2. The van der Waals surface area contributed by atoms with E-state index in [-0.39, 0.29) is 32.7 Å².